The van der Waals surface area contributed by atoms with Crippen LogP contribution in [-0.4, -0.2) is 45.1 Å². The first kappa shape index (κ1) is 25.0. The number of fused-ring (bicyclic) bond motifs is 1. The van der Waals surface area contributed by atoms with Crippen LogP contribution in [0.5, 0.6) is 5.75 Å². The average Bonchev–Trinajstić information content (AvgIpc) is 3.28. The van der Waals surface area contributed by atoms with Crippen LogP contribution in [0.3, 0.4) is 0 Å². The lowest BCUT2D eigenvalue weighted by molar-refractivity contribution is 0.0603. The van der Waals surface area contributed by atoms with Crippen molar-refractivity contribution in [1.82, 2.24) is 4.57 Å². The minimum atomic E-state index is -4.12. The third-order valence-electron chi connectivity index (χ3n) is 5.71. The number of methoxy groups -OCH3 is 1. The number of aryl methyl sites for hydroxylation is 1. The largest absolute Gasteiger partial charge is 0.494 e. The van der Waals surface area contributed by atoms with Crippen LogP contribution in [0, 0.1) is 6.92 Å². The van der Waals surface area contributed by atoms with Crippen LogP contribution in [0.1, 0.15) is 27.6 Å². The first-order chi connectivity index (χ1) is 17.3. The number of carbonyl (C=O) groups excluding carboxylic acids is 2. The lowest BCUT2D eigenvalue weighted by Gasteiger charge is -2.24. The normalized spacial score (nSPS) is 11.3. The maximum atomic E-state index is 13.7. The molecular weight excluding hydrogens is 480 g/mol. The number of aromatic nitrogens is 1. The summed E-state index contributed by atoms with van der Waals surface area (Å²) in [6.45, 7) is 3.69. The van der Waals surface area contributed by atoms with E-state index in [1.807, 2.05) is 13.8 Å². The van der Waals surface area contributed by atoms with E-state index in [2.05, 4.69) is 0 Å². The molecule has 0 spiro atoms. The molecule has 0 amide bonds. The van der Waals surface area contributed by atoms with Gasteiger partial charge in [-0.25, -0.2) is 13.2 Å². The van der Waals surface area contributed by atoms with Gasteiger partial charge in [-0.2, -0.15) is 0 Å². The van der Waals surface area contributed by atoms with Crippen molar-refractivity contribution in [3.8, 4) is 5.75 Å². The molecule has 0 aliphatic carbocycles. The van der Waals surface area contributed by atoms with Gasteiger partial charge in [0, 0.05) is 11.6 Å². The number of hydrogen-bond donors (Lipinski definition) is 0. The van der Waals surface area contributed by atoms with Gasteiger partial charge in [0.2, 0.25) is 0 Å². The number of para-hydroxylation sites is 1. The number of benzene rings is 3. The van der Waals surface area contributed by atoms with Gasteiger partial charge in [-0.1, -0.05) is 35.9 Å². The third-order valence-corrected chi connectivity index (χ3v) is 7.50. The van der Waals surface area contributed by atoms with Crippen LogP contribution >= 0.6 is 0 Å². The number of sulfonamides is 1. The topological polar surface area (TPSA) is 94.9 Å². The third kappa shape index (κ3) is 4.83. The summed E-state index contributed by atoms with van der Waals surface area (Å²) in [5, 5.41) is 0.536. The quantitative estimate of drug-likeness (QED) is 0.322. The molecule has 36 heavy (non-hydrogen) atoms. The fourth-order valence-electron chi connectivity index (χ4n) is 3.89. The number of carbonyl (C=O) groups is 2. The summed E-state index contributed by atoms with van der Waals surface area (Å²) in [6, 6.07) is 19.8. The second-order valence-electron chi connectivity index (χ2n) is 8.07. The molecule has 0 unspecified atom stereocenters. The summed E-state index contributed by atoms with van der Waals surface area (Å²) < 4.78 is 40.1. The Morgan fingerprint density at radius 1 is 0.944 bits per heavy atom. The summed E-state index contributed by atoms with van der Waals surface area (Å²) >= 11 is 0. The summed E-state index contributed by atoms with van der Waals surface area (Å²) in [6.07, 6.45) is 1.38. The van der Waals surface area contributed by atoms with Gasteiger partial charge in [0.05, 0.1) is 35.4 Å². The summed E-state index contributed by atoms with van der Waals surface area (Å²) in [4.78, 5) is 25.8. The van der Waals surface area contributed by atoms with Gasteiger partial charge >= 0.3 is 5.97 Å². The van der Waals surface area contributed by atoms with Crippen LogP contribution in [0.4, 0.5) is 5.69 Å². The molecule has 0 saturated heterocycles. The SMILES string of the molecule is CCOc1ccc(S(=O)(=O)N(CC(=O)n2cc(C(=O)OC)c3ccccc32)c2ccc(C)cc2)cc1. The zero-order valence-electron chi connectivity index (χ0n) is 20.2. The van der Waals surface area contributed by atoms with E-state index in [9.17, 15) is 18.0 Å². The molecule has 0 saturated carbocycles. The van der Waals surface area contributed by atoms with Crippen molar-refractivity contribution in [2.75, 3.05) is 24.6 Å². The monoisotopic (exact) mass is 506 g/mol. The predicted octanol–water partition coefficient (Wildman–Crippen LogP) is 4.67. The van der Waals surface area contributed by atoms with Crippen LogP contribution in [0.25, 0.3) is 10.9 Å². The molecule has 0 aliphatic heterocycles. The molecule has 0 atom stereocenters. The Balaban J connectivity index is 1.77. The summed E-state index contributed by atoms with van der Waals surface area (Å²) in [5.41, 5.74) is 1.98. The molecule has 0 fully saturated rings. The maximum absolute atomic E-state index is 13.7. The predicted molar refractivity (Wildman–Crippen MR) is 137 cm³/mol. The number of nitrogens with zero attached hydrogens (tertiary/aromatic N) is 2. The molecule has 8 nitrogen and oxygen atoms in total. The molecule has 0 aliphatic rings. The highest BCUT2D eigenvalue weighted by molar-refractivity contribution is 7.92. The van der Waals surface area contributed by atoms with Crippen molar-refractivity contribution in [1.29, 1.82) is 0 Å². The highest BCUT2D eigenvalue weighted by Gasteiger charge is 2.29. The fraction of sp³-hybridized carbons (Fsp3) is 0.185. The van der Waals surface area contributed by atoms with Gasteiger partial charge in [0.25, 0.3) is 15.9 Å². The van der Waals surface area contributed by atoms with Crippen molar-refractivity contribution >= 4 is 38.5 Å². The maximum Gasteiger partial charge on any atom is 0.340 e. The van der Waals surface area contributed by atoms with Crippen molar-refractivity contribution in [3.05, 3.63) is 90.1 Å². The van der Waals surface area contributed by atoms with E-state index in [1.165, 1.54) is 30.0 Å². The van der Waals surface area contributed by atoms with Crippen LogP contribution < -0.4 is 9.04 Å². The van der Waals surface area contributed by atoms with Crippen LogP contribution in [0.2, 0.25) is 0 Å². The number of ether oxygens (including phenoxy) is 2. The zero-order valence-corrected chi connectivity index (χ0v) is 21.0. The lowest BCUT2D eigenvalue weighted by Crippen LogP contribution is -2.37. The number of anilines is 1. The van der Waals surface area contributed by atoms with E-state index >= 15 is 0 Å². The Bertz CT molecular complexity index is 1510. The Morgan fingerprint density at radius 2 is 1.61 bits per heavy atom. The second kappa shape index (κ2) is 10.2. The number of esters is 1. The van der Waals surface area contributed by atoms with E-state index in [0.717, 1.165) is 9.87 Å². The van der Waals surface area contributed by atoms with Gasteiger partial charge in [0.15, 0.2) is 0 Å². The first-order valence-corrected chi connectivity index (χ1v) is 12.7. The van der Waals surface area contributed by atoms with Crippen molar-refractivity contribution < 1.29 is 27.5 Å². The fourth-order valence-corrected chi connectivity index (χ4v) is 5.30. The molecule has 1 heterocycles. The highest BCUT2D eigenvalue weighted by Crippen LogP contribution is 2.27. The summed E-state index contributed by atoms with van der Waals surface area (Å²) in [5.74, 6) is -0.574. The average molecular weight is 507 g/mol. The molecule has 9 heteroatoms. The molecule has 4 aromatic rings. The smallest absolute Gasteiger partial charge is 0.340 e. The first-order valence-electron chi connectivity index (χ1n) is 11.3. The lowest BCUT2D eigenvalue weighted by atomic mass is 10.2. The molecule has 0 radical (unpaired) electrons. The van der Waals surface area contributed by atoms with Crippen molar-refractivity contribution in [3.63, 3.8) is 0 Å². The van der Waals surface area contributed by atoms with Crippen LogP contribution in [0.15, 0.2) is 83.9 Å². The van der Waals surface area contributed by atoms with E-state index in [4.69, 9.17) is 9.47 Å². The molecule has 4 rings (SSSR count). The Kier molecular flexibility index (Phi) is 7.12. The Labute approximate surface area is 209 Å². The van der Waals surface area contributed by atoms with Gasteiger partial charge in [-0.15, -0.1) is 0 Å². The Morgan fingerprint density at radius 3 is 2.25 bits per heavy atom. The van der Waals surface area contributed by atoms with E-state index < -0.39 is 28.4 Å². The van der Waals surface area contributed by atoms with E-state index in [0.29, 0.717) is 28.9 Å². The molecule has 0 bridgehead atoms. The van der Waals surface area contributed by atoms with Gasteiger partial charge in [0.1, 0.15) is 12.3 Å². The van der Waals surface area contributed by atoms with E-state index in [1.54, 1.807) is 60.7 Å². The van der Waals surface area contributed by atoms with E-state index in [-0.39, 0.29) is 10.5 Å². The minimum absolute atomic E-state index is 0.0203. The number of rotatable bonds is 8. The molecule has 186 valence electrons. The molecule has 0 N–H and O–H groups in total. The van der Waals surface area contributed by atoms with Gasteiger partial charge in [-0.3, -0.25) is 13.7 Å². The Hall–Kier alpha value is -4.11. The van der Waals surface area contributed by atoms with Crippen molar-refractivity contribution in [2.45, 2.75) is 18.7 Å². The van der Waals surface area contributed by atoms with Crippen LogP contribution in [-0.2, 0) is 14.8 Å². The summed E-state index contributed by atoms with van der Waals surface area (Å²) in [7, 11) is -2.85. The van der Waals surface area contributed by atoms with Gasteiger partial charge in [-0.05, 0) is 56.3 Å². The highest BCUT2D eigenvalue weighted by atomic mass is 32.2. The molecule has 1 aromatic heterocycles. The zero-order chi connectivity index (χ0) is 25.9. The standard InChI is InChI=1S/C27H26N2O6S/c1-4-35-21-13-15-22(16-14-21)36(32,33)29(20-11-9-19(2)10-12-20)18-26(30)28-17-24(27(31)34-3)23-7-5-6-8-25(23)28/h5-17H,4,18H2,1-3H3. The van der Waals surface area contributed by atoms with Gasteiger partial charge < -0.3 is 9.47 Å². The number of hydrogen-bond acceptors (Lipinski definition) is 6. The molecular formula is C27H26N2O6S. The second-order valence-corrected chi connectivity index (χ2v) is 9.93. The molecule has 3 aromatic carbocycles. The minimum Gasteiger partial charge on any atom is -0.494 e. The van der Waals surface area contributed by atoms with Crippen molar-refractivity contribution in [2.24, 2.45) is 0 Å².